The molecule has 1 aliphatic heterocycles. The van der Waals surface area contributed by atoms with Crippen molar-refractivity contribution in [1.29, 1.82) is 0 Å². The molecule has 1 N–H and O–H groups in total. The molecule has 1 aromatic carbocycles. The van der Waals surface area contributed by atoms with Crippen LogP contribution in [-0.2, 0) is 14.3 Å². The van der Waals surface area contributed by atoms with Crippen LogP contribution >= 0.6 is 23.4 Å². The summed E-state index contributed by atoms with van der Waals surface area (Å²) in [5.41, 5.74) is 3.71. The minimum absolute atomic E-state index is 0.0908. The predicted molar refractivity (Wildman–Crippen MR) is 110 cm³/mol. The number of ether oxygens (including phenoxy) is 1. The van der Waals surface area contributed by atoms with E-state index >= 15 is 0 Å². The van der Waals surface area contributed by atoms with Gasteiger partial charge >= 0.3 is 5.97 Å². The molecule has 6 heteroatoms. The van der Waals surface area contributed by atoms with Crippen molar-refractivity contribution in [2.24, 2.45) is 0 Å². The number of rotatable bonds is 6. The summed E-state index contributed by atoms with van der Waals surface area (Å²) in [6.45, 7) is 4.30. The smallest absolute Gasteiger partial charge is 0.336 e. The zero-order chi connectivity index (χ0) is 19.4. The molecule has 0 fully saturated rings. The average molecular weight is 406 g/mol. The van der Waals surface area contributed by atoms with Gasteiger partial charge in [-0.3, -0.25) is 4.79 Å². The Morgan fingerprint density at radius 3 is 2.93 bits per heavy atom. The predicted octanol–water partition coefficient (Wildman–Crippen LogP) is 4.60. The highest BCUT2D eigenvalue weighted by atomic mass is 35.5. The first-order chi connectivity index (χ1) is 13.0. The molecule has 3 rings (SSSR count). The minimum atomic E-state index is -0.431. The van der Waals surface area contributed by atoms with Gasteiger partial charge in [-0.2, -0.15) is 11.8 Å². The molecule has 1 aromatic rings. The zero-order valence-electron chi connectivity index (χ0n) is 15.6. The first-order valence-electron chi connectivity index (χ1n) is 9.27. The third-order valence-corrected chi connectivity index (χ3v) is 5.94. The third-order valence-electron chi connectivity index (χ3n) is 4.84. The van der Waals surface area contributed by atoms with Crippen LogP contribution in [0.5, 0.6) is 0 Å². The van der Waals surface area contributed by atoms with E-state index in [1.54, 1.807) is 17.8 Å². The van der Waals surface area contributed by atoms with Crippen LogP contribution < -0.4 is 5.32 Å². The van der Waals surface area contributed by atoms with Crippen molar-refractivity contribution in [2.75, 3.05) is 18.1 Å². The van der Waals surface area contributed by atoms with Crippen LogP contribution in [-0.4, -0.2) is 29.9 Å². The van der Waals surface area contributed by atoms with E-state index in [0.717, 1.165) is 41.3 Å². The van der Waals surface area contributed by atoms with Crippen LogP contribution in [0.2, 0.25) is 5.02 Å². The number of benzene rings is 1. The van der Waals surface area contributed by atoms with Gasteiger partial charge in [0.2, 0.25) is 0 Å². The number of halogens is 1. The Hall–Kier alpha value is -1.72. The molecule has 0 amide bonds. The molecule has 0 aromatic heterocycles. The summed E-state index contributed by atoms with van der Waals surface area (Å²) >= 11 is 7.93. The summed E-state index contributed by atoms with van der Waals surface area (Å²) in [4.78, 5) is 25.7. The summed E-state index contributed by atoms with van der Waals surface area (Å²) in [5.74, 6) is 1.03. The second kappa shape index (κ2) is 8.98. The summed E-state index contributed by atoms with van der Waals surface area (Å²) < 4.78 is 5.53. The number of carbonyl (C=O) groups excluding carboxylic acids is 2. The molecule has 0 saturated heterocycles. The van der Waals surface area contributed by atoms with Crippen LogP contribution in [0, 0.1) is 0 Å². The topological polar surface area (TPSA) is 55.4 Å². The summed E-state index contributed by atoms with van der Waals surface area (Å²) in [6, 6.07) is 7.39. The van der Waals surface area contributed by atoms with E-state index in [4.69, 9.17) is 16.3 Å². The maximum absolute atomic E-state index is 12.9. The Morgan fingerprint density at radius 1 is 1.37 bits per heavy atom. The molecule has 27 heavy (non-hydrogen) atoms. The normalized spacial score (nSPS) is 19.7. The molecule has 1 atom stereocenters. The minimum Gasteiger partial charge on any atom is -0.461 e. The van der Waals surface area contributed by atoms with Crippen molar-refractivity contribution in [1.82, 2.24) is 5.32 Å². The molecule has 2 aliphatic rings. The molecule has 1 aliphatic carbocycles. The molecule has 0 radical (unpaired) electrons. The fourth-order valence-electron chi connectivity index (χ4n) is 3.69. The first-order valence-corrected chi connectivity index (χ1v) is 10.8. The van der Waals surface area contributed by atoms with Gasteiger partial charge in [-0.05, 0) is 43.2 Å². The second-order valence-corrected chi connectivity index (χ2v) is 8.48. The molecule has 0 saturated carbocycles. The molecule has 0 bridgehead atoms. The average Bonchev–Trinajstić information content (AvgIpc) is 2.64. The van der Waals surface area contributed by atoms with Gasteiger partial charge < -0.3 is 10.1 Å². The Bertz CT molecular complexity index is 815. The Morgan fingerprint density at radius 2 is 2.19 bits per heavy atom. The third kappa shape index (κ3) is 4.41. The number of nitrogens with one attached hydrogen (secondary N) is 1. The van der Waals surface area contributed by atoms with Gasteiger partial charge in [-0.15, -0.1) is 0 Å². The maximum atomic E-state index is 12.9. The molecular weight excluding hydrogens is 382 g/mol. The van der Waals surface area contributed by atoms with Gasteiger partial charge in [0.05, 0.1) is 5.57 Å². The van der Waals surface area contributed by atoms with Crippen molar-refractivity contribution in [3.8, 4) is 0 Å². The van der Waals surface area contributed by atoms with E-state index in [2.05, 4.69) is 12.2 Å². The van der Waals surface area contributed by atoms with Gasteiger partial charge in [0.25, 0.3) is 0 Å². The van der Waals surface area contributed by atoms with Crippen molar-refractivity contribution in [2.45, 2.75) is 39.0 Å². The fraction of sp³-hybridized carbons (Fsp3) is 0.429. The van der Waals surface area contributed by atoms with E-state index < -0.39 is 5.92 Å². The highest BCUT2D eigenvalue weighted by molar-refractivity contribution is 7.99. The van der Waals surface area contributed by atoms with Crippen molar-refractivity contribution >= 4 is 35.1 Å². The molecule has 1 heterocycles. The van der Waals surface area contributed by atoms with Gasteiger partial charge in [-0.1, -0.05) is 30.7 Å². The lowest BCUT2D eigenvalue weighted by molar-refractivity contribution is -0.138. The Kier molecular flexibility index (Phi) is 6.66. The van der Waals surface area contributed by atoms with Crippen molar-refractivity contribution in [3.63, 3.8) is 0 Å². The van der Waals surface area contributed by atoms with Crippen LogP contribution in [0.1, 0.15) is 44.6 Å². The molecule has 0 unspecified atom stereocenters. The second-order valence-electron chi connectivity index (χ2n) is 6.65. The standard InChI is InChI=1S/C21H24ClNO3S/c1-3-27-11-10-26-21(25)18-13(2)23-16-8-5-9-17(24)20(16)19(18)14-6-4-7-15(22)12-14/h4,6-7,12,19,23H,3,5,8-11H2,1-2H3/t19-/m1/s1. The number of dihydropyridines is 1. The number of carbonyl (C=O) groups is 2. The number of Topliss-reactive ketones (excluding diaryl/α,β-unsaturated/α-hetero) is 1. The van der Waals surface area contributed by atoms with Crippen molar-refractivity contribution < 1.29 is 14.3 Å². The van der Waals surface area contributed by atoms with E-state index in [1.807, 2.05) is 25.1 Å². The lowest BCUT2D eigenvalue weighted by Gasteiger charge is -2.34. The number of allylic oxidation sites excluding steroid dienone is 3. The van der Waals surface area contributed by atoms with Gasteiger partial charge in [-0.25, -0.2) is 4.79 Å². The Labute approximate surface area is 169 Å². The largest absolute Gasteiger partial charge is 0.461 e. The van der Waals surface area contributed by atoms with Crippen LogP contribution in [0.15, 0.2) is 46.8 Å². The maximum Gasteiger partial charge on any atom is 0.336 e. The van der Waals surface area contributed by atoms with E-state index in [-0.39, 0.29) is 11.8 Å². The van der Waals surface area contributed by atoms with E-state index in [1.165, 1.54) is 0 Å². The highest BCUT2D eigenvalue weighted by Gasteiger charge is 2.39. The quantitative estimate of drug-likeness (QED) is 0.553. The van der Waals surface area contributed by atoms with E-state index in [0.29, 0.717) is 29.2 Å². The van der Waals surface area contributed by atoms with Crippen molar-refractivity contribution in [3.05, 3.63) is 57.4 Å². The lowest BCUT2D eigenvalue weighted by Crippen LogP contribution is -2.34. The van der Waals surface area contributed by atoms with Gasteiger partial charge in [0, 0.05) is 40.1 Å². The summed E-state index contributed by atoms with van der Waals surface area (Å²) in [6.07, 6.45) is 2.14. The highest BCUT2D eigenvalue weighted by Crippen LogP contribution is 2.42. The van der Waals surface area contributed by atoms with Crippen LogP contribution in [0.25, 0.3) is 0 Å². The van der Waals surface area contributed by atoms with Gasteiger partial charge in [0.1, 0.15) is 6.61 Å². The SMILES string of the molecule is CCSCCOC(=O)C1=C(C)NC2=C(C(=O)CCC2)[C@@H]1c1cccc(Cl)c1. The number of thioether (sulfide) groups is 1. The number of ketones is 1. The monoisotopic (exact) mass is 405 g/mol. The zero-order valence-corrected chi connectivity index (χ0v) is 17.2. The van der Waals surface area contributed by atoms with Gasteiger partial charge in [0.15, 0.2) is 5.78 Å². The Balaban J connectivity index is 1.99. The summed E-state index contributed by atoms with van der Waals surface area (Å²) in [5, 5.41) is 3.88. The van der Waals surface area contributed by atoms with E-state index in [9.17, 15) is 9.59 Å². The molecule has 144 valence electrons. The van der Waals surface area contributed by atoms with Crippen LogP contribution in [0.4, 0.5) is 0 Å². The lowest BCUT2D eigenvalue weighted by atomic mass is 9.75. The molecular formula is C21H24ClNO3S. The molecule has 4 nitrogen and oxygen atoms in total. The van der Waals surface area contributed by atoms with Crippen LogP contribution in [0.3, 0.4) is 0 Å². The number of hydrogen-bond donors (Lipinski definition) is 1. The number of hydrogen-bond acceptors (Lipinski definition) is 5. The first kappa shape index (κ1) is 20.0. The summed E-state index contributed by atoms with van der Waals surface area (Å²) in [7, 11) is 0. The fourth-order valence-corrected chi connectivity index (χ4v) is 4.38. The molecule has 0 spiro atoms. The number of esters is 1.